The Hall–Kier alpha value is -2.84. The molecular weight excluding hydrogens is 296 g/mol. The lowest BCUT2D eigenvalue weighted by Gasteiger charge is -2.11. The van der Waals surface area contributed by atoms with Crippen LogP contribution < -0.4 is 4.90 Å². The molecule has 22 heavy (non-hydrogen) atoms. The predicted molar refractivity (Wildman–Crippen MR) is 86.0 cm³/mol. The number of thioether (sulfide) groups is 1. The molecule has 1 fully saturated rings. The molecular formula is C17H10N2O2S. The van der Waals surface area contributed by atoms with E-state index in [1.165, 1.54) is 4.90 Å². The lowest BCUT2D eigenvalue weighted by atomic mass is 10.1. The molecule has 0 aromatic heterocycles. The number of benzene rings is 2. The second kappa shape index (κ2) is 5.88. The highest BCUT2D eigenvalue weighted by molar-refractivity contribution is 8.19. The Labute approximate surface area is 131 Å². The van der Waals surface area contributed by atoms with Gasteiger partial charge in [0.05, 0.1) is 22.2 Å². The van der Waals surface area contributed by atoms with Crippen LogP contribution in [0.1, 0.15) is 11.1 Å². The average Bonchev–Trinajstić information content (AvgIpc) is 2.83. The van der Waals surface area contributed by atoms with E-state index in [2.05, 4.69) is 0 Å². The zero-order valence-electron chi connectivity index (χ0n) is 11.4. The minimum absolute atomic E-state index is 0.309. The first-order valence-electron chi connectivity index (χ1n) is 6.52. The van der Waals surface area contributed by atoms with Crippen molar-refractivity contribution in [3.05, 3.63) is 70.6 Å². The number of anilines is 1. The third-order valence-corrected chi connectivity index (χ3v) is 4.02. The van der Waals surface area contributed by atoms with E-state index in [0.717, 1.165) is 17.3 Å². The van der Waals surface area contributed by atoms with Crippen molar-refractivity contribution in [3.63, 3.8) is 0 Å². The van der Waals surface area contributed by atoms with Gasteiger partial charge in [0.15, 0.2) is 0 Å². The van der Waals surface area contributed by atoms with Crippen LogP contribution in [0.4, 0.5) is 10.5 Å². The topological polar surface area (TPSA) is 61.2 Å². The van der Waals surface area contributed by atoms with Gasteiger partial charge in [-0.2, -0.15) is 5.26 Å². The van der Waals surface area contributed by atoms with Gasteiger partial charge in [0.25, 0.3) is 11.1 Å². The van der Waals surface area contributed by atoms with Crippen LogP contribution in [0.3, 0.4) is 0 Å². The third kappa shape index (κ3) is 2.65. The molecule has 2 amide bonds. The molecule has 3 rings (SSSR count). The van der Waals surface area contributed by atoms with E-state index >= 15 is 0 Å². The number of amides is 2. The highest BCUT2D eigenvalue weighted by Gasteiger charge is 2.36. The van der Waals surface area contributed by atoms with E-state index in [9.17, 15) is 9.59 Å². The van der Waals surface area contributed by atoms with Gasteiger partial charge in [0.2, 0.25) is 0 Å². The molecule has 106 valence electrons. The van der Waals surface area contributed by atoms with Crippen molar-refractivity contribution < 1.29 is 9.59 Å². The number of carbonyl (C=O) groups is 2. The van der Waals surface area contributed by atoms with Crippen molar-refractivity contribution in [1.82, 2.24) is 0 Å². The number of rotatable bonds is 2. The zero-order chi connectivity index (χ0) is 15.5. The fourth-order valence-electron chi connectivity index (χ4n) is 2.07. The molecule has 4 nitrogen and oxygen atoms in total. The first-order chi connectivity index (χ1) is 10.7. The molecule has 0 bridgehead atoms. The Morgan fingerprint density at radius 1 is 1.00 bits per heavy atom. The molecule has 0 spiro atoms. The van der Waals surface area contributed by atoms with Crippen LogP contribution in [0.15, 0.2) is 59.5 Å². The summed E-state index contributed by atoms with van der Waals surface area (Å²) in [6.07, 6.45) is 1.66. The lowest BCUT2D eigenvalue weighted by Crippen LogP contribution is -2.27. The van der Waals surface area contributed by atoms with Crippen LogP contribution in [-0.2, 0) is 4.79 Å². The molecule has 1 heterocycles. The molecule has 0 N–H and O–H groups in total. The number of hydrogen-bond donors (Lipinski definition) is 0. The van der Waals surface area contributed by atoms with Crippen molar-refractivity contribution in [2.75, 3.05) is 4.90 Å². The molecule has 1 aliphatic heterocycles. The van der Waals surface area contributed by atoms with Crippen molar-refractivity contribution in [2.24, 2.45) is 0 Å². The molecule has 2 aromatic carbocycles. The number of carbonyl (C=O) groups excluding carboxylic acids is 2. The monoisotopic (exact) mass is 306 g/mol. The number of para-hydroxylation sites is 1. The van der Waals surface area contributed by atoms with Gasteiger partial charge < -0.3 is 0 Å². The summed E-state index contributed by atoms with van der Waals surface area (Å²) < 4.78 is 0. The fraction of sp³-hybridized carbons (Fsp3) is 0. The lowest BCUT2D eigenvalue weighted by molar-refractivity contribution is -0.113. The van der Waals surface area contributed by atoms with Crippen molar-refractivity contribution >= 4 is 34.7 Å². The summed E-state index contributed by atoms with van der Waals surface area (Å²) in [5.74, 6) is -0.328. The van der Waals surface area contributed by atoms with Crippen LogP contribution in [0.5, 0.6) is 0 Å². The average molecular weight is 306 g/mol. The van der Waals surface area contributed by atoms with Crippen molar-refractivity contribution in [3.8, 4) is 6.07 Å². The minimum atomic E-state index is -0.328. The summed E-state index contributed by atoms with van der Waals surface area (Å²) in [6, 6.07) is 17.7. The standard InChI is InChI=1S/C17H10N2O2S/c18-11-13-8-6-12(7-9-13)10-15-16(20)19(17(21)22-15)14-4-2-1-3-5-14/h1-10H/b15-10-. The first kappa shape index (κ1) is 14.1. The summed E-state index contributed by atoms with van der Waals surface area (Å²) in [4.78, 5) is 26.0. The van der Waals surface area contributed by atoms with Crippen LogP contribution in [0, 0.1) is 11.3 Å². The Balaban J connectivity index is 1.90. The van der Waals surface area contributed by atoms with Crippen LogP contribution in [-0.4, -0.2) is 11.1 Å². The number of nitriles is 1. The molecule has 2 aromatic rings. The SMILES string of the molecule is N#Cc1ccc(/C=C2\SC(=O)N(c3ccccc3)C2=O)cc1. The van der Waals surface area contributed by atoms with Gasteiger partial charge in [-0.3, -0.25) is 9.59 Å². The zero-order valence-corrected chi connectivity index (χ0v) is 12.2. The van der Waals surface area contributed by atoms with Gasteiger partial charge in [-0.05, 0) is 47.7 Å². The van der Waals surface area contributed by atoms with Crippen LogP contribution >= 0.6 is 11.8 Å². The van der Waals surface area contributed by atoms with Gasteiger partial charge >= 0.3 is 0 Å². The molecule has 0 radical (unpaired) electrons. The second-order valence-corrected chi connectivity index (χ2v) is 5.58. The normalized spacial score (nSPS) is 16.1. The Morgan fingerprint density at radius 2 is 1.68 bits per heavy atom. The molecule has 1 saturated heterocycles. The predicted octanol–water partition coefficient (Wildman–Crippen LogP) is 3.80. The number of nitrogens with zero attached hydrogens (tertiary/aromatic N) is 2. The smallest absolute Gasteiger partial charge is 0.268 e. The van der Waals surface area contributed by atoms with Gasteiger partial charge in [-0.1, -0.05) is 30.3 Å². The van der Waals surface area contributed by atoms with Gasteiger partial charge in [0, 0.05) is 0 Å². The summed E-state index contributed by atoms with van der Waals surface area (Å²) in [7, 11) is 0. The van der Waals surface area contributed by atoms with E-state index < -0.39 is 0 Å². The summed E-state index contributed by atoms with van der Waals surface area (Å²) in [5, 5.41) is 8.47. The van der Waals surface area contributed by atoms with Crippen molar-refractivity contribution in [2.45, 2.75) is 0 Å². The van der Waals surface area contributed by atoms with E-state index in [1.807, 2.05) is 12.1 Å². The maximum Gasteiger partial charge on any atom is 0.298 e. The summed E-state index contributed by atoms with van der Waals surface area (Å²) in [5.41, 5.74) is 1.89. The number of imide groups is 1. The maximum atomic E-state index is 12.4. The molecule has 0 unspecified atom stereocenters. The van der Waals surface area contributed by atoms with Gasteiger partial charge in [-0.15, -0.1) is 0 Å². The van der Waals surface area contributed by atoms with E-state index in [-0.39, 0.29) is 11.1 Å². The Morgan fingerprint density at radius 3 is 2.32 bits per heavy atom. The van der Waals surface area contributed by atoms with Gasteiger partial charge in [-0.25, -0.2) is 4.90 Å². The molecule has 1 aliphatic rings. The van der Waals surface area contributed by atoms with E-state index in [0.29, 0.717) is 16.2 Å². The molecule has 0 aliphatic carbocycles. The maximum absolute atomic E-state index is 12.4. The molecule has 0 atom stereocenters. The second-order valence-electron chi connectivity index (χ2n) is 4.59. The quantitative estimate of drug-likeness (QED) is 0.792. The highest BCUT2D eigenvalue weighted by atomic mass is 32.2. The first-order valence-corrected chi connectivity index (χ1v) is 7.34. The Kier molecular flexibility index (Phi) is 3.77. The minimum Gasteiger partial charge on any atom is -0.268 e. The van der Waals surface area contributed by atoms with Crippen LogP contribution in [0.2, 0.25) is 0 Å². The van der Waals surface area contributed by atoms with E-state index in [4.69, 9.17) is 5.26 Å². The summed E-state index contributed by atoms with van der Waals surface area (Å²) >= 11 is 0.915. The molecule has 0 saturated carbocycles. The fourth-order valence-corrected chi connectivity index (χ4v) is 2.91. The highest BCUT2D eigenvalue weighted by Crippen LogP contribution is 2.35. The van der Waals surface area contributed by atoms with E-state index in [1.54, 1.807) is 54.6 Å². The Bertz CT molecular complexity index is 805. The number of hydrogen-bond acceptors (Lipinski definition) is 4. The van der Waals surface area contributed by atoms with Gasteiger partial charge in [0.1, 0.15) is 0 Å². The van der Waals surface area contributed by atoms with Crippen molar-refractivity contribution in [1.29, 1.82) is 5.26 Å². The van der Waals surface area contributed by atoms with Crippen LogP contribution in [0.25, 0.3) is 6.08 Å². The third-order valence-electron chi connectivity index (χ3n) is 3.15. The molecule has 5 heteroatoms. The summed E-state index contributed by atoms with van der Waals surface area (Å²) in [6.45, 7) is 0. The largest absolute Gasteiger partial charge is 0.298 e.